The molecule has 33 heavy (non-hydrogen) atoms. The highest BCUT2D eigenvalue weighted by Crippen LogP contribution is 2.24. The number of anilines is 1. The Hall–Kier alpha value is -2.90. The molecule has 1 amide bonds. The van der Waals surface area contributed by atoms with Crippen LogP contribution in [0.15, 0.2) is 65.0 Å². The lowest BCUT2D eigenvalue weighted by molar-refractivity contribution is 0.0807. The lowest BCUT2D eigenvalue weighted by Gasteiger charge is -2.23. The number of nitrogens with zero attached hydrogens (tertiary/aromatic N) is 4. The lowest BCUT2D eigenvalue weighted by atomic mass is 10.1. The third kappa shape index (κ3) is 8.18. The quantitative estimate of drug-likeness (QED) is 0.305. The normalized spacial score (nSPS) is 17.6. The molecule has 0 fully saturated rings. The van der Waals surface area contributed by atoms with Crippen LogP contribution in [0.3, 0.4) is 0 Å². The maximum absolute atomic E-state index is 12.9. The summed E-state index contributed by atoms with van der Waals surface area (Å²) < 4.78 is 0. The minimum atomic E-state index is -0.143. The number of halogens is 1. The molecule has 1 aromatic rings. The Morgan fingerprint density at radius 1 is 1.42 bits per heavy atom. The van der Waals surface area contributed by atoms with E-state index in [1.165, 1.54) is 6.34 Å². The van der Waals surface area contributed by atoms with Gasteiger partial charge in [-0.25, -0.2) is 4.98 Å². The van der Waals surface area contributed by atoms with Crippen LogP contribution in [-0.2, 0) is 0 Å². The van der Waals surface area contributed by atoms with Crippen molar-refractivity contribution in [3.8, 4) is 0 Å². The second-order valence-corrected chi connectivity index (χ2v) is 8.75. The molecule has 7 nitrogen and oxygen atoms in total. The highest BCUT2D eigenvalue weighted by Gasteiger charge is 2.16. The first-order valence-corrected chi connectivity index (χ1v) is 11.4. The van der Waals surface area contributed by atoms with Gasteiger partial charge in [0.1, 0.15) is 5.82 Å². The van der Waals surface area contributed by atoms with Crippen LogP contribution >= 0.6 is 11.6 Å². The second-order valence-electron chi connectivity index (χ2n) is 8.34. The van der Waals surface area contributed by atoms with Crippen molar-refractivity contribution in [2.24, 2.45) is 16.6 Å². The lowest BCUT2D eigenvalue weighted by Crippen LogP contribution is -2.28. The predicted molar refractivity (Wildman–Crippen MR) is 139 cm³/mol. The topological polar surface area (TPSA) is 86.8 Å². The molecule has 0 unspecified atom stereocenters. The van der Waals surface area contributed by atoms with Crippen LogP contribution in [0.4, 0.5) is 5.82 Å². The third-order valence-corrected chi connectivity index (χ3v) is 5.65. The Morgan fingerprint density at radius 3 is 2.76 bits per heavy atom. The summed E-state index contributed by atoms with van der Waals surface area (Å²) in [4.78, 5) is 25.2. The van der Waals surface area contributed by atoms with Crippen molar-refractivity contribution in [3.05, 3.63) is 70.6 Å². The number of aliphatic imine (C=N–C) groups is 1. The summed E-state index contributed by atoms with van der Waals surface area (Å²) in [6, 6.07) is 2.04. The van der Waals surface area contributed by atoms with E-state index in [1.807, 2.05) is 25.2 Å². The Bertz CT molecular complexity index is 964. The van der Waals surface area contributed by atoms with Gasteiger partial charge in [0.2, 0.25) is 0 Å². The summed E-state index contributed by atoms with van der Waals surface area (Å²) in [5.74, 6) is 0.642. The summed E-state index contributed by atoms with van der Waals surface area (Å²) >= 11 is 6.44. The molecule has 0 saturated heterocycles. The Balaban J connectivity index is 2.00. The fourth-order valence-electron chi connectivity index (χ4n) is 3.25. The van der Waals surface area contributed by atoms with Crippen molar-refractivity contribution in [3.63, 3.8) is 0 Å². The molecule has 1 aliphatic rings. The number of aromatic nitrogens is 1. The minimum Gasteiger partial charge on any atom is -0.390 e. The number of carbonyl (C=O) groups is 1. The molecule has 1 aromatic heterocycles. The smallest absolute Gasteiger partial charge is 0.255 e. The van der Waals surface area contributed by atoms with Crippen LogP contribution in [0.1, 0.15) is 30.6 Å². The maximum Gasteiger partial charge on any atom is 0.255 e. The van der Waals surface area contributed by atoms with Crippen LogP contribution in [0.25, 0.3) is 0 Å². The Labute approximate surface area is 202 Å². The number of nitrogens with two attached hydrogens (primary N) is 1. The zero-order valence-corrected chi connectivity index (χ0v) is 20.9. The molecule has 0 bridgehead atoms. The number of likely N-dealkylation sites (N-methyl/N-ethyl adjacent to an activating group) is 2. The molecular formula is C25H35ClN6O. The highest BCUT2D eigenvalue weighted by molar-refractivity contribution is 6.33. The summed E-state index contributed by atoms with van der Waals surface area (Å²) in [5.41, 5.74) is 7.71. The summed E-state index contributed by atoms with van der Waals surface area (Å²) in [5, 5.41) is 3.64. The van der Waals surface area contributed by atoms with Gasteiger partial charge < -0.3 is 20.9 Å². The van der Waals surface area contributed by atoms with E-state index in [9.17, 15) is 4.79 Å². The van der Waals surface area contributed by atoms with E-state index < -0.39 is 0 Å². The minimum absolute atomic E-state index is 0.143. The van der Waals surface area contributed by atoms with Crippen molar-refractivity contribution in [1.29, 1.82) is 0 Å². The van der Waals surface area contributed by atoms with E-state index in [0.29, 0.717) is 35.5 Å². The number of carbonyl (C=O) groups excluding carboxylic acids is 1. The predicted octanol–water partition coefficient (Wildman–Crippen LogP) is 4.12. The van der Waals surface area contributed by atoms with Gasteiger partial charge in [-0.1, -0.05) is 48.9 Å². The first kappa shape index (κ1) is 26.4. The third-order valence-electron chi connectivity index (χ3n) is 5.37. The van der Waals surface area contributed by atoms with Gasteiger partial charge in [-0.2, -0.15) is 0 Å². The molecule has 8 heteroatoms. The molecular weight excluding hydrogens is 436 g/mol. The van der Waals surface area contributed by atoms with Gasteiger partial charge in [0.25, 0.3) is 5.91 Å². The second kappa shape index (κ2) is 13.0. The van der Waals surface area contributed by atoms with Crippen molar-refractivity contribution < 1.29 is 4.79 Å². The van der Waals surface area contributed by atoms with Crippen LogP contribution in [0, 0.1) is 5.92 Å². The molecule has 178 valence electrons. The number of allylic oxidation sites excluding steroid dienone is 2. The summed E-state index contributed by atoms with van der Waals surface area (Å²) in [6.45, 7) is 5.12. The summed E-state index contributed by atoms with van der Waals surface area (Å²) in [7, 11) is 5.88. The Kier molecular flexibility index (Phi) is 10.4. The van der Waals surface area contributed by atoms with E-state index in [-0.39, 0.29) is 11.8 Å². The van der Waals surface area contributed by atoms with Gasteiger partial charge in [0.15, 0.2) is 0 Å². The largest absolute Gasteiger partial charge is 0.390 e. The van der Waals surface area contributed by atoms with E-state index in [4.69, 9.17) is 17.3 Å². The van der Waals surface area contributed by atoms with Gasteiger partial charge in [0.05, 0.1) is 16.9 Å². The van der Waals surface area contributed by atoms with Crippen LogP contribution in [0.2, 0.25) is 5.02 Å². The van der Waals surface area contributed by atoms with E-state index in [0.717, 1.165) is 17.7 Å². The van der Waals surface area contributed by atoms with Crippen molar-refractivity contribution >= 4 is 29.7 Å². The number of rotatable bonds is 10. The number of pyridine rings is 1. The van der Waals surface area contributed by atoms with Crippen molar-refractivity contribution in [2.45, 2.75) is 26.3 Å². The van der Waals surface area contributed by atoms with Gasteiger partial charge in [-0.05, 0) is 51.1 Å². The molecule has 0 aliphatic heterocycles. The average molecular weight is 471 g/mol. The molecule has 0 aromatic carbocycles. The monoisotopic (exact) mass is 470 g/mol. The van der Waals surface area contributed by atoms with E-state index in [1.54, 1.807) is 24.2 Å². The first-order chi connectivity index (χ1) is 15.7. The average Bonchev–Trinajstić information content (AvgIpc) is 2.81. The van der Waals surface area contributed by atoms with Crippen molar-refractivity contribution in [1.82, 2.24) is 14.8 Å². The molecule has 0 saturated carbocycles. The molecule has 3 N–H and O–H groups in total. The first-order valence-electron chi connectivity index (χ1n) is 11.0. The summed E-state index contributed by atoms with van der Waals surface area (Å²) in [6.07, 6.45) is 16.1. The number of nitrogens with one attached hydrogen (secondary N) is 1. The Morgan fingerprint density at radius 2 is 2.18 bits per heavy atom. The molecule has 1 heterocycles. The molecule has 0 spiro atoms. The van der Waals surface area contributed by atoms with E-state index >= 15 is 0 Å². The zero-order valence-electron chi connectivity index (χ0n) is 20.1. The molecule has 1 aliphatic carbocycles. The standard InChI is InChI=1S/C25H35ClN6O/c1-6-19(8-7-18(2)14-28-17-27)16-32(5)25(33)20-13-23(26)24(29-15-20)30-21-9-11-22(12-10-21)31(3)4/h6-11,13,15,17-18,22H,12,14,16H2,1-5H3,(H2,27,28)(H,29,30)/b8-7+,19-6+/t18-,22-/m1/s1. The van der Waals surface area contributed by atoms with Gasteiger partial charge in [-0.3, -0.25) is 9.79 Å². The van der Waals surface area contributed by atoms with E-state index in [2.05, 4.69) is 59.4 Å². The molecule has 0 radical (unpaired) electrons. The fraction of sp³-hybridized carbons (Fsp3) is 0.400. The molecule has 2 rings (SSSR count). The fourth-order valence-corrected chi connectivity index (χ4v) is 3.46. The van der Waals surface area contributed by atoms with Gasteiger partial charge in [-0.15, -0.1) is 0 Å². The number of hydrogen-bond acceptors (Lipinski definition) is 5. The van der Waals surface area contributed by atoms with Crippen LogP contribution in [0.5, 0.6) is 0 Å². The van der Waals surface area contributed by atoms with Crippen LogP contribution < -0.4 is 11.1 Å². The van der Waals surface area contributed by atoms with Crippen molar-refractivity contribution in [2.75, 3.05) is 39.5 Å². The van der Waals surface area contributed by atoms with Gasteiger partial charge >= 0.3 is 0 Å². The number of amides is 1. The molecule has 2 atom stereocenters. The van der Waals surface area contributed by atoms with Crippen LogP contribution in [-0.4, -0.2) is 67.3 Å². The number of hydrogen-bond donors (Lipinski definition) is 2. The SMILES string of the molecule is C/C=C(\C=C\[C@@H](C)CN=CN)CN(C)C(=O)c1cnc(NC2=CC[C@H](N(C)C)C=C2)c(Cl)c1. The highest BCUT2D eigenvalue weighted by atomic mass is 35.5. The van der Waals surface area contributed by atoms with Gasteiger partial charge in [0, 0.05) is 38.1 Å². The maximum atomic E-state index is 12.9. The zero-order chi connectivity index (χ0) is 24.4.